The third-order valence-corrected chi connectivity index (χ3v) is 12.7. The molecule has 0 bridgehead atoms. The van der Waals surface area contributed by atoms with Gasteiger partial charge in [0.15, 0.2) is 0 Å². The van der Waals surface area contributed by atoms with Gasteiger partial charge in [-0.15, -0.1) is 0 Å². The summed E-state index contributed by atoms with van der Waals surface area (Å²) in [6, 6.07) is 75.1. The molecule has 0 atom stereocenters. The Bertz CT molecular complexity index is 3330. The molecule has 2 heterocycles. The number of aliphatic imine (C=N–C) groups is 1. The van der Waals surface area contributed by atoms with Crippen LogP contribution in [-0.4, -0.2) is 10.3 Å². The van der Waals surface area contributed by atoms with E-state index in [1.165, 1.54) is 88.2 Å². The Labute approximate surface area is 355 Å². The minimum Gasteiger partial charge on any atom is -0.309 e. The Hall–Kier alpha value is -7.81. The lowest BCUT2D eigenvalue weighted by Gasteiger charge is -2.15. The van der Waals surface area contributed by atoms with E-state index in [4.69, 9.17) is 4.99 Å². The van der Waals surface area contributed by atoms with E-state index in [0.717, 1.165) is 41.1 Å². The summed E-state index contributed by atoms with van der Waals surface area (Å²) >= 11 is 0. The van der Waals surface area contributed by atoms with Crippen molar-refractivity contribution in [3.8, 4) is 50.2 Å². The molecular formula is C59H40N2. The molecule has 61 heavy (non-hydrogen) atoms. The molecular weight excluding hydrogens is 737 g/mol. The first kappa shape index (κ1) is 35.2. The van der Waals surface area contributed by atoms with Crippen LogP contribution in [0.2, 0.25) is 0 Å². The largest absolute Gasteiger partial charge is 0.309 e. The van der Waals surface area contributed by atoms with Gasteiger partial charge in [-0.05, 0) is 115 Å². The third kappa shape index (κ3) is 5.99. The predicted octanol–water partition coefficient (Wildman–Crippen LogP) is 15.6. The van der Waals surface area contributed by atoms with Crippen LogP contribution in [0.15, 0.2) is 223 Å². The fourth-order valence-corrected chi connectivity index (χ4v) is 9.73. The van der Waals surface area contributed by atoms with E-state index >= 15 is 0 Å². The predicted molar refractivity (Wildman–Crippen MR) is 258 cm³/mol. The van der Waals surface area contributed by atoms with Gasteiger partial charge in [0.25, 0.3) is 0 Å². The summed E-state index contributed by atoms with van der Waals surface area (Å²) in [5.41, 5.74) is 20.5. The van der Waals surface area contributed by atoms with E-state index in [1.54, 1.807) is 0 Å². The van der Waals surface area contributed by atoms with Gasteiger partial charge in [0, 0.05) is 27.7 Å². The lowest BCUT2D eigenvalue weighted by molar-refractivity contribution is 1.09. The first-order valence-electron chi connectivity index (χ1n) is 21.3. The second-order valence-corrected chi connectivity index (χ2v) is 16.2. The fourth-order valence-electron chi connectivity index (χ4n) is 9.73. The molecule has 0 N–H and O–H groups in total. The van der Waals surface area contributed by atoms with Crippen molar-refractivity contribution in [1.82, 2.24) is 4.57 Å². The molecule has 12 rings (SSSR count). The van der Waals surface area contributed by atoms with Gasteiger partial charge < -0.3 is 4.57 Å². The summed E-state index contributed by atoms with van der Waals surface area (Å²) in [4.78, 5) is 5.48. The molecule has 2 nitrogen and oxygen atoms in total. The van der Waals surface area contributed by atoms with Crippen LogP contribution < -0.4 is 0 Å². The van der Waals surface area contributed by atoms with Gasteiger partial charge in [-0.25, -0.2) is 0 Å². The number of hydrogen-bond donors (Lipinski definition) is 0. The highest BCUT2D eigenvalue weighted by Gasteiger charge is 2.22. The lowest BCUT2D eigenvalue weighted by atomic mass is 9.93. The normalized spacial score (nSPS) is 13.4. The average Bonchev–Trinajstić information content (AvgIpc) is 3.84. The standard InChI is InChI=1S/C59H40N2/c1-2-12-39(13-3-1)45-14-10-21-55(60-56(38-45)44-32-34-46(35-33-44)61-57-22-8-6-17-50(57)51-18-7-9-23-58(51)61)43-30-26-41(27-31-43)40-24-28-42(29-25-40)47-36-37-54-49-16-5-4-15-48(49)53-20-11-19-52(47)59(53)54/h1-9,11-20,22-38H,10,21H2. The molecule has 0 unspecified atom stereocenters. The molecule has 2 heteroatoms. The van der Waals surface area contributed by atoms with Gasteiger partial charge in [-0.3, -0.25) is 4.99 Å². The first-order chi connectivity index (χ1) is 30.2. The third-order valence-electron chi connectivity index (χ3n) is 12.7. The maximum atomic E-state index is 5.48. The highest BCUT2D eigenvalue weighted by atomic mass is 15.0. The van der Waals surface area contributed by atoms with Gasteiger partial charge in [-0.1, -0.05) is 188 Å². The van der Waals surface area contributed by atoms with Gasteiger partial charge in [0.2, 0.25) is 0 Å². The number of para-hydroxylation sites is 2. The number of benzene rings is 9. The van der Waals surface area contributed by atoms with Gasteiger partial charge >= 0.3 is 0 Å². The van der Waals surface area contributed by atoms with Crippen LogP contribution in [0, 0.1) is 0 Å². The molecule has 9 aromatic carbocycles. The lowest BCUT2D eigenvalue weighted by Crippen LogP contribution is -2.04. The van der Waals surface area contributed by atoms with Gasteiger partial charge in [0.05, 0.1) is 16.7 Å². The number of allylic oxidation sites excluding steroid dienone is 3. The number of fused-ring (bicyclic) bond motifs is 6. The molecule has 2 aliphatic rings. The summed E-state index contributed by atoms with van der Waals surface area (Å²) < 4.78 is 2.37. The molecule has 10 aromatic rings. The van der Waals surface area contributed by atoms with Crippen LogP contribution in [0.5, 0.6) is 0 Å². The van der Waals surface area contributed by atoms with E-state index in [0.29, 0.717) is 0 Å². The zero-order valence-corrected chi connectivity index (χ0v) is 33.6. The summed E-state index contributed by atoms with van der Waals surface area (Å²) in [5, 5.41) is 5.19. The Balaban J connectivity index is 0.866. The van der Waals surface area contributed by atoms with Crippen LogP contribution in [0.25, 0.3) is 94.0 Å². The molecule has 286 valence electrons. The Morgan fingerprint density at radius 1 is 0.361 bits per heavy atom. The molecule has 1 aliphatic heterocycles. The zero-order chi connectivity index (χ0) is 40.3. The average molecular weight is 777 g/mol. The molecule has 0 amide bonds. The van der Waals surface area contributed by atoms with Crippen molar-refractivity contribution in [3.05, 3.63) is 235 Å². The zero-order valence-electron chi connectivity index (χ0n) is 33.6. The highest BCUT2D eigenvalue weighted by Crippen LogP contribution is 2.49. The van der Waals surface area contributed by atoms with Crippen molar-refractivity contribution >= 4 is 49.6 Å². The van der Waals surface area contributed by atoms with E-state index in [9.17, 15) is 0 Å². The number of rotatable bonds is 6. The van der Waals surface area contributed by atoms with Crippen molar-refractivity contribution in [2.24, 2.45) is 4.99 Å². The Kier molecular flexibility index (Phi) is 8.35. The minimum absolute atomic E-state index is 0.848. The van der Waals surface area contributed by atoms with Gasteiger partial charge in [0.1, 0.15) is 0 Å². The second kappa shape index (κ2) is 14.5. The van der Waals surface area contributed by atoms with Crippen molar-refractivity contribution in [1.29, 1.82) is 0 Å². The molecule has 0 fully saturated rings. The molecule has 0 spiro atoms. The van der Waals surface area contributed by atoms with Crippen LogP contribution in [0.1, 0.15) is 29.5 Å². The first-order valence-corrected chi connectivity index (χ1v) is 21.3. The summed E-state index contributed by atoms with van der Waals surface area (Å²) in [7, 11) is 0. The highest BCUT2D eigenvalue weighted by molar-refractivity contribution is 6.18. The smallest absolute Gasteiger partial charge is 0.0711 e. The van der Waals surface area contributed by atoms with Crippen molar-refractivity contribution in [3.63, 3.8) is 0 Å². The maximum Gasteiger partial charge on any atom is 0.0711 e. The fraction of sp³-hybridized carbons (Fsp3) is 0.0339. The Morgan fingerprint density at radius 2 is 0.885 bits per heavy atom. The van der Waals surface area contributed by atoms with E-state index in [1.807, 2.05) is 0 Å². The quantitative estimate of drug-likeness (QED) is 0.160. The minimum atomic E-state index is 0.848. The number of hydrogen-bond acceptors (Lipinski definition) is 1. The van der Waals surface area contributed by atoms with E-state index < -0.39 is 0 Å². The van der Waals surface area contributed by atoms with Crippen molar-refractivity contribution in [2.45, 2.75) is 12.8 Å². The maximum absolute atomic E-state index is 5.48. The van der Waals surface area contributed by atoms with Crippen molar-refractivity contribution in [2.75, 3.05) is 0 Å². The topological polar surface area (TPSA) is 17.3 Å². The monoisotopic (exact) mass is 776 g/mol. The number of aromatic nitrogens is 1. The van der Waals surface area contributed by atoms with E-state index in [-0.39, 0.29) is 0 Å². The van der Waals surface area contributed by atoms with E-state index in [2.05, 4.69) is 223 Å². The summed E-state index contributed by atoms with van der Waals surface area (Å²) in [6.07, 6.45) is 6.39. The SMILES string of the molecule is C1=C(c2ccccc2)C=C(c2ccc(-n3c4ccccc4c4ccccc43)cc2)N=C(c2ccc(-c3ccc(-c4ccc5c6c(cccc46)-c4ccccc4-5)cc3)cc2)CC1. The number of nitrogens with zero attached hydrogens (tertiary/aromatic N) is 2. The van der Waals surface area contributed by atoms with Crippen LogP contribution >= 0.6 is 0 Å². The Morgan fingerprint density at radius 3 is 1.57 bits per heavy atom. The molecule has 0 radical (unpaired) electrons. The van der Waals surface area contributed by atoms with Crippen LogP contribution in [0.4, 0.5) is 0 Å². The van der Waals surface area contributed by atoms with Crippen LogP contribution in [0.3, 0.4) is 0 Å². The summed E-state index contributed by atoms with van der Waals surface area (Å²) in [6.45, 7) is 0. The molecule has 1 aromatic heterocycles. The van der Waals surface area contributed by atoms with Crippen molar-refractivity contribution < 1.29 is 0 Å². The summed E-state index contributed by atoms with van der Waals surface area (Å²) in [5.74, 6) is 0. The molecule has 1 aliphatic carbocycles. The van der Waals surface area contributed by atoms with Crippen LogP contribution in [-0.2, 0) is 0 Å². The second-order valence-electron chi connectivity index (χ2n) is 16.2. The molecule has 0 saturated heterocycles. The molecule has 0 saturated carbocycles. The van der Waals surface area contributed by atoms with Gasteiger partial charge in [-0.2, -0.15) is 0 Å².